The molecule has 20 heavy (non-hydrogen) atoms. The zero-order valence-corrected chi connectivity index (χ0v) is 11.1. The van der Waals surface area contributed by atoms with Crippen LogP contribution in [-0.2, 0) is 20.7 Å². The molecular weight excluding hydrogens is 268 g/mol. The largest absolute Gasteiger partial charge is 0.469 e. The highest BCUT2D eigenvalue weighted by Gasteiger charge is 2.32. The zero-order valence-electron chi connectivity index (χ0n) is 11.1. The van der Waals surface area contributed by atoms with Crippen molar-refractivity contribution in [3.8, 4) is 0 Å². The van der Waals surface area contributed by atoms with E-state index in [1.807, 2.05) is 0 Å². The Kier molecular flexibility index (Phi) is 4.32. The Bertz CT molecular complexity index is 513. The Morgan fingerprint density at radius 3 is 2.60 bits per heavy atom. The molecule has 1 aliphatic heterocycles. The van der Waals surface area contributed by atoms with Crippen LogP contribution in [0, 0.1) is 17.6 Å². The molecule has 1 saturated heterocycles. The van der Waals surface area contributed by atoms with Crippen LogP contribution in [-0.4, -0.2) is 37.0 Å². The Morgan fingerprint density at radius 2 is 2.00 bits per heavy atom. The lowest BCUT2D eigenvalue weighted by Crippen LogP contribution is -2.31. The van der Waals surface area contributed by atoms with E-state index in [2.05, 4.69) is 4.74 Å². The van der Waals surface area contributed by atoms with Crippen molar-refractivity contribution in [2.45, 2.75) is 12.8 Å². The fourth-order valence-electron chi connectivity index (χ4n) is 2.31. The molecular formula is C14H15F2NO3. The SMILES string of the molecule is COC(=O)C1CCN(C(=O)Cc2c(F)cccc2F)C1. The summed E-state index contributed by atoms with van der Waals surface area (Å²) in [5.41, 5.74) is -0.237. The molecule has 1 aromatic rings. The smallest absolute Gasteiger partial charge is 0.310 e. The molecule has 4 nitrogen and oxygen atoms in total. The van der Waals surface area contributed by atoms with E-state index in [1.165, 1.54) is 18.1 Å². The summed E-state index contributed by atoms with van der Waals surface area (Å²) in [6, 6.07) is 3.49. The minimum Gasteiger partial charge on any atom is -0.469 e. The van der Waals surface area contributed by atoms with E-state index in [-0.39, 0.29) is 36.3 Å². The number of carbonyl (C=O) groups excluding carboxylic acids is 2. The first-order valence-electron chi connectivity index (χ1n) is 6.31. The molecule has 2 rings (SSSR count). The molecule has 0 spiro atoms. The normalized spacial score (nSPS) is 18.1. The van der Waals surface area contributed by atoms with Crippen LogP contribution in [0.5, 0.6) is 0 Å². The molecule has 6 heteroatoms. The van der Waals surface area contributed by atoms with Gasteiger partial charge in [0.05, 0.1) is 19.4 Å². The maximum Gasteiger partial charge on any atom is 0.310 e. The first-order chi connectivity index (χ1) is 9.52. The minimum absolute atomic E-state index is 0.237. The van der Waals surface area contributed by atoms with Gasteiger partial charge in [-0.15, -0.1) is 0 Å². The monoisotopic (exact) mass is 283 g/mol. The molecule has 1 unspecified atom stereocenters. The van der Waals surface area contributed by atoms with Gasteiger partial charge in [0.1, 0.15) is 11.6 Å². The molecule has 0 aliphatic carbocycles. The second kappa shape index (κ2) is 5.98. The van der Waals surface area contributed by atoms with E-state index < -0.39 is 11.6 Å². The van der Waals surface area contributed by atoms with Gasteiger partial charge < -0.3 is 9.64 Å². The van der Waals surface area contributed by atoms with Crippen LogP contribution in [0.25, 0.3) is 0 Å². The first kappa shape index (κ1) is 14.4. The molecule has 1 aliphatic rings. The number of amides is 1. The van der Waals surface area contributed by atoms with E-state index in [1.54, 1.807) is 0 Å². The van der Waals surface area contributed by atoms with Gasteiger partial charge in [-0.05, 0) is 18.6 Å². The number of ether oxygens (including phenoxy) is 1. The minimum atomic E-state index is -0.734. The quantitative estimate of drug-likeness (QED) is 0.790. The lowest BCUT2D eigenvalue weighted by Gasteiger charge is -2.16. The average molecular weight is 283 g/mol. The second-order valence-electron chi connectivity index (χ2n) is 4.73. The Labute approximate surface area is 115 Å². The van der Waals surface area contributed by atoms with Gasteiger partial charge in [0.2, 0.25) is 5.91 Å². The third-order valence-corrected chi connectivity index (χ3v) is 3.47. The van der Waals surface area contributed by atoms with E-state index in [4.69, 9.17) is 0 Å². The number of likely N-dealkylation sites (tertiary alicyclic amines) is 1. The van der Waals surface area contributed by atoms with E-state index in [0.717, 1.165) is 12.1 Å². The lowest BCUT2D eigenvalue weighted by atomic mass is 10.1. The van der Waals surface area contributed by atoms with Crippen molar-refractivity contribution < 1.29 is 23.1 Å². The molecule has 1 aromatic carbocycles. The molecule has 108 valence electrons. The molecule has 0 N–H and O–H groups in total. The number of hydrogen-bond acceptors (Lipinski definition) is 3. The van der Waals surface area contributed by atoms with E-state index in [9.17, 15) is 18.4 Å². The third kappa shape index (κ3) is 2.95. The number of methoxy groups -OCH3 is 1. The van der Waals surface area contributed by atoms with Gasteiger partial charge in [0.25, 0.3) is 0 Å². The molecule has 1 atom stereocenters. The van der Waals surface area contributed by atoms with Crippen LogP contribution in [0.4, 0.5) is 8.78 Å². The molecule has 1 amide bonds. The number of benzene rings is 1. The summed E-state index contributed by atoms with van der Waals surface area (Å²) in [6.45, 7) is 0.635. The standard InChI is InChI=1S/C14H15F2NO3/c1-20-14(19)9-5-6-17(8-9)13(18)7-10-11(15)3-2-4-12(10)16/h2-4,9H,5-8H2,1H3. The molecule has 0 saturated carbocycles. The molecule has 0 radical (unpaired) electrons. The van der Waals surface area contributed by atoms with Crippen molar-refractivity contribution in [2.24, 2.45) is 5.92 Å². The van der Waals surface area contributed by atoms with Gasteiger partial charge in [0, 0.05) is 18.7 Å². The van der Waals surface area contributed by atoms with Crippen LogP contribution in [0.1, 0.15) is 12.0 Å². The highest BCUT2D eigenvalue weighted by Crippen LogP contribution is 2.20. The van der Waals surface area contributed by atoms with Crippen LogP contribution in [0.15, 0.2) is 18.2 Å². The number of halogens is 2. The maximum atomic E-state index is 13.5. The summed E-state index contributed by atoms with van der Waals surface area (Å²) in [7, 11) is 1.29. The summed E-state index contributed by atoms with van der Waals surface area (Å²) >= 11 is 0. The van der Waals surface area contributed by atoms with Crippen LogP contribution in [0.2, 0.25) is 0 Å². The van der Waals surface area contributed by atoms with Crippen LogP contribution >= 0.6 is 0 Å². The predicted octanol–water partition coefficient (Wildman–Crippen LogP) is 1.53. The number of rotatable bonds is 3. The van der Waals surface area contributed by atoms with Crippen molar-refractivity contribution in [1.82, 2.24) is 4.90 Å². The van der Waals surface area contributed by atoms with Crippen molar-refractivity contribution in [3.63, 3.8) is 0 Å². The highest BCUT2D eigenvalue weighted by molar-refractivity contribution is 5.81. The summed E-state index contributed by atoms with van der Waals surface area (Å²) in [5, 5.41) is 0. The summed E-state index contributed by atoms with van der Waals surface area (Å²) in [6.07, 6.45) is 0.171. The summed E-state index contributed by atoms with van der Waals surface area (Å²) in [4.78, 5) is 24.8. The Balaban J connectivity index is 2.02. The molecule has 0 aromatic heterocycles. The molecule has 0 bridgehead atoms. The van der Waals surface area contributed by atoms with Gasteiger partial charge in [-0.1, -0.05) is 6.07 Å². The topological polar surface area (TPSA) is 46.6 Å². The maximum absolute atomic E-state index is 13.5. The van der Waals surface area contributed by atoms with Gasteiger partial charge in [-0.25, -0.2) is 8.78 Å². The zero-order chi connectivity index (χ0) is 14.7. The fourth-order valence-corrected chi connectivity index (χ4v) is 2.31. The molecule has 1 fully saturated rings. The fraction of sp³-hybridized carbons (Fsp3) is 0.429. The van der Waals surface area contributed by atoms with Crippen molar-refractivity contribution in [2.75, 3.05) is 20.2 Å². The first-order valence-corrected chi connectivity index (χ1v) is 6.31. The number of hydrogen-bond donors (Lipinski definition) is 0. The van der Waals surface area contributed by atoms with E-state index >= 15 is 0 Å². The number of nitrogens with zero attached hydrogens (tertiary/aromatic N) is 1. The van der Waals surface area contributed by atoms with Gasteiger partial charge in [-0.3, -0.25) is 9.59 Å². The van der Waals surface area contributed by atoms with E-state index in [0.29, 0.717) is 13.0 Å². The van der Waals surface area contributed by atoms with Crippen molar-refractivity contribution >= 4 is 11.9 Å². The Hall–Kier alpha value is -1.98. The molecule has 1 heterocycles. The van der Waals surface area contributed by atoms with Crippen LogP contribution < -0.4 is 0 Å². The summed E-state index contributed by atoms with van der Waals surface area (Å²) in [5.74, 6) is -2.57. The number of carbonyl (C=O) groups is 2. The lowest BCUT2D eigenvalue weighted by molar-refractivity contribution is -0.145. The second-order valence-corrected chi connectivity index (χ2v) is 4.73. The average Bonchev–Trinajstić information content (AvgIpc) is 2.92. The number of esters is 1. The van der Waals surface area contributed by atoms with Crippen LogP contribution in [0.3, 0.4) is 0 Å². The third-order valence-electron chi connectivity index (χ3n) is 3.47. The highest BCUT2D eigenvalue weighted by atomic mass is 19.1. The Morgan fingerprint density at radius 1 is 1.35 bits per heavy atom. The van der Waals surface area contributed by atoms with Crippen molar-refractivity contribution in [1.29, 1.82) is 0 Å². The van der Waals surface area contributed by atoms with Gasteiger partial charge >= 0.3 is 5.97 Å². The predicted molar refractivity (Wildman–Crippen MR) is 66.8 cm³/mol. The van der Waals surface area contributed by atoms with Gasteiger partial charge in [-0.2, -0.15) is 0 Å². The van der Waals surface area contributed by atoms with Crippen molar-refractivity contribution in [3.05, 3.63) is 35.4 Å². The van der Waals surface area contributed by atoms with Gasteiger partial charge in [0.15, 0.2) is 0 Å². The summed E-state index contributed by atoms with van der Waals surface area (Å²) < 4.78 is 31.6.